The minimum atomic E-state index is -1.65. The molecule has 0 saturated carbocycles. The highest BCUT2D eigenvalue weighted by Gasteiger charge is 2.30. The van der Waals surface area contributed by atoms with E-state index in [0.717, 1.165) is 78.0 Å². The number of hydrogen-bond donors (Lipinski definition) is 0. The molecule has 0 N–H and O–H groups in total. The molecule has 0 unspecified atom stereocenters. The van der Waals surface area contributed by atoms with Crippen molar-refractivity contribution >= 4 is 137 Å². The molecule has 6 heteroatoms. The molecule has 0 saturated heterocycles. The summed E-state index contributed by atoms with van der Waals surface area (Å²) in [5, 5.41) is 14.7. The number of nitrogens with zero attached hydrogens (tertiary/aromatic N) is 2. The molecular weight excluding hydrogens is 873 g/mol. The molecular formula is C63H58N2O2Si2. The first-order chi connectivity index (χ1) is 33.1. The van der Waals surface area contributed by atoms with E-state index in [-0.39, 0.29) is 0 Å². The first-order valence-corrected chi connectivity index (χ1v) is 31.5. The number of rotatable bonds is 9. The van der Waals surface area contributed by atoms with Crippen LogP contribution in [0.15, 0.2) is 173 Å². The van der Waals surface area contributed by atoms with Gasteiger partial charge in [-0.05, 0) is 95.1 Å². The van der Waals surface area contributed by atoms with Gasteiger partial charge in [-0.25, -0.2) is 0 Å². The molecule has 0 fully saturated rings. The van der Waals surface area contributed by atoms with Gasteiger partial charge in [-0.3, -0.25) is 0 Å². The monoisotopic (exact) mass is 930 g/mol. The second-order valence-corrected chi connectivity index (χ2v) is 31.8. The Hall–Kier alpha value is -7.13. The maximum absolute atomic E-state index is 6.98. The van der Waals surface area contributed by atoms with Crippen LogP contribution in [-0.4, -0.2) is 16.1 Å². The predicted molar refractivity (Wildman–Crippen MR) is 304 cm³/mol. The summed E-state index contributed by atoms with van der Waals surface area (Å²) >= 11 is 0. The van der Waals surface area contributed by atoms with Gasteiger partial charge in [0, 0.05) is 49.1 Å². The zero-order valence-electron chi connectivity index (χ0n) is 41.4. The third-order valence-corrected chi connectivity index (χ3v) is 18.8. The highest BCUT2D eigenvalue weighted by molar-refractivity contribution is 6.89. The lowest BCUT2D eigenvalue weighted by atomic mass is 9.88. The van der Waals surface area contributed by atoms with Gasteiger partial charge < -0.3 is 18.6 Å². The van der Waals surface area contributed by atoms with E-state index >= 15 is 0 Å². The van der Waals surface area contributed by atoms with Crippen molar-refractivity contribution in [3.05, 3.63) is 180 Å². The quantitative estimate of drug-likeness (QED) is 0.107. The Morgan fingerprint density at radius 3 is 1.23 bits per heavy atom. The smallest absolute Gasteiger partial charge is 0.159 e. The van der Waals surface area contributed by atoms with E-state index in [2.05, 4.69) is 241 Å². The van der Waals surface area contributed by atoms with Gasteiger partial charge in [0.05, 0.1) is 38.9 Å². The Bertz CT molecular complexity index is 3760. The van der Waals surface area contributed by atoms with Crippen LogP contribution in [0.3, 0.4) is 0 Å². The van der Waals surface area contributed by atoms with Crippen molar-refractivity contribution in [3.63, 3.8) is 0 Å². The molecule has 2 heterocycles. The topological polar surface area (TPSA) is 32.8 Å². The summed E-state index contributed by atoms with van der Waals surface area (Å²) in [5.74, 6) is 0.391. The number of para-hydroxylation sites is 4. The lowest BCUT2D eigenvalue weighted by Gasteiger charge is -2.34. The minimum Gasteiger partial charge on any atom is -0.454 e. The van der Waals surface area contributed by atoms with Crippen molar-refractivity contribution in [1.29, 1.82) is 0 Å². The Morgan fingerprint density at radius 2 is 0.812 bits per heavy atom. The van der Waals surface area contributed by atoms with Crippen molar-refractivity contribution in [3.8, 4) is 0 Å². The standard InChI is InChI=1S/C63H58N2O2Si2/c1-38(2)43-35-41-25-29-50-56(64(52-31-27-44(33-39(52)3)68(5,6)7)54-21-15-19-48-46-17-11-13-23-58(46)66-62(48)54)37-57(51-30-26-42(36-43)60(41)61(50)51)65(53-32-28-45(34-40(53)4)69(8,9)10)55-22-16-20-49-47-18-12-14-24-59(47)67-63(49)55/h11-38H,1-10H3. The molecule has 0 atom stereocenters. The van der Waals surface area contributed by atoms with Crippen LogP contribution in [0.5, 0.6) is 0 Å². The second-order valence-electron chi connectivity index (χ2n) is 21.7. The fraction of sp³-hybridized carbons (Fsp3) is 0.175. The number of benzene rings is 10. The SMILES string of the molecule is Cc1cc([Si](C)(C)C)ccc1N(c1cc(N(c2ccc([Si](C)(C)C)cc2C)c2cccc3c2oc2ccccc23)c2ccc3cc(C(C)C)cc4ccc1c2c43)c1cccc2c1oc1ccccc12. The average molecular weight is 931 g/mol. The van der Waals surface area contributed by atoms with Crippen LogP contribution < -0.4 is 20.2 Å². The van der Waals surface area contributed by atoms with Gasteiger partial charge in [-0.2, -0.15) is 0 Å². The van der Waals surface area contributed by atoms with E-state index in [1.54, 1.807) is 0 Å². The normalized spacial score (nSPS) is 12.6. The van der Waals surface area contributed by atoms with E-state index in [9.17, 15) is 0 Å². The maximum Gasteiger partial charge on any atom is 0.159 e. The fourth-order valence-electron chi connectivity index (χ4n) is 10.9. The van der Waals surface area contributed by atoms with Crippen LogP contribution in [0, 0.1) is 13.8 Å². The second kappa shape index (κ2) is 15.7. The molecule has 4 nitrogen and oxygen atoms in total. The first kappa shape index (κ1) is 43.2. The first-order valence-electron chi connectivity index (χ1n) is 24.5. The minimum absolute atomic E-state index is 0.391. The molecule has 10 aromatic carbocycles. The number of fused-ring (bicyclic) bond motifs is 6. The van der Waals surface area contributed by atoms with Crippen LogP contribution >= 0.6 is 0 Å². The zero-order valence-corrected chi connectivity index (χ0v) is 43.4. The van der Waals surface area contributed by atoms with Crippen LogP contribution in [-0.2, 0) is 0 Å². The molecule has 0 aliphatic carbocycles. The molecule has 0 amide bonds. The number of hydrogen-bond acceptors (Lipinski definition) is 4. The van der Waals surface area contributed by atoms with Crippen molar-refractivity contribution < 1.29 is 8.83 Å². The Labute approximate surface area is 406 Å². The zero-order chi connectivity index (χ0) is 47.7. The summed E-state index contributed by atoms with van der Waals surface area (Å²) in [4.78, 5) is 5.01. The van der Waals surface area contributed by atoms with Gasteiger partial charge in [0.2, 0.25) is 0 Å². The molecule has 0 aliphatic rings. The Balaban J connectivity index is 1.26. The Kier molecular flexibility index (Phi) is 9.83. The third kappa shape index (κ3) is 6.90. The van der Waals surface area contributed by atoms with Crippen LogP contribution in [0.25, 0.3) is 76.2 Å². The average Bonchev–Trinajstić information content (AvgIpc) is 3.91. The van der Waals surface area contributed by atoms with E-state index < -0.39 is 16.1 Å². The van der Waals surface area contributed by atoms with Gasteiger partial charge in [-0.1, -0.05) is 185 Å². The van der Waals surface area contributed by atoms with Gasteiger partial charge in [0.25, 0.3) is 0 Å². The summed E-state index contributed by atoms with van der Waals surface area (Å²) in [5.41, 5.74) is 13.7. The van der Waals surface area contributed by atoms with Gasteiger partial charge in [0.15, 0.2) is 11.2 Å². The van der Waals surface area contributed by atoms with E-state index in [1.807, 2.05) is 0 Å². The van der Waals surface area contributed by atoms with Crippen LogP contribution in [0.1, 0.15) is 36.5 Å². The predicted octanol–water partition coefficient (Wildman–Crippen LogP) is 18.2. The third-order valence-electron chi connectivity index (χ3n) is 14.7. The highest BCUT2D eigenvalue weighted by atomic mass is 28.3. The van der Waals surface area contributed by atoms with Crippen molar-refractivity contribution in [2.75, 3.05) is 9.80 Å². The number of furan rings is 2. The fourth-order valence-corrected chi connectivity index (χ4v) is 13.4. The van der Waals surface area contributed by atoms with E-state index in [4.69, 9.17) is 8.83 Å². The lowest BCUT2D eigenvalue weighted by molar-refractivity contribution is 0.669. The summed E-state index contributed by atoms with van der Waals surface area (Å²) in [6.07, 6.45) is 0. The molecule has 0 spiro atoms. The molecule has 0 bridgehead atoms. The molecule has 340 valence electrons. The van der Waals surface area contributed by atoms with Gasteiger partial charge in [-0.15, -0.1) is 0 Å². The van der Waals surface area contributed by atoms with Crippen LogP contribution in [0.2, 0.25) is 39.3 Å². The molecule has 0 aliphatic heterocycles. The molecule has 12 rings (SSSR count). The van der Waals surface area contributed by atoms with Gasteiger partial charge >= 0.3 is 0 Å². The van der Waals surface area contributed by atoms with Crippen molar-refractivity contribution in [2.45, 2.75) is 72.9 Å². The Morgan fingerprint density at radius 1 is 0.377 bits per heavy atom. The highest BCUT2D eigenvalue weighted by Crippen LogP contribution is 2.53. The molecule has 69 heavy (non-hydrogen) atoms. The maximum atomic E-state index is 6.98. The summed E-state index contributed by atoms with van der Waals surface area (Å²) in [6, 6.07) is 61.3. The summed E-state index contributed by atoms with van der Waals surface area (Å²) in [6.45, 7) is 23.7. The van der Waals surface area contributed by atoms with Crippen molar-refractivity contribution in [1.82, 2.24) is 0 Å². The summed E-state index contributed by atoms with van der Waals surface area (Å²) in [7, 11) is -3.31. The molecule has 0 radical (unpaired) electrons. The molecule has 2 aromatic heterocycles. The van der Waals surface area contributed by atoms with E-state index in [0.29, 0.717) is 5.92 Å². The van der Waals surface area contributed by atoms with E-state index in [1.165, 1.54) is 59.4 Å². The number of anilines is 6. The molecule has 12 aromatic rings. The van der Waals surface area contributed by atoms with Crippen molar-refractivity contribution in [2.24, 2.45) is 0 Å². The lowest BCUT2D eigenvalue weighted by Crippen LogP contribution is -2.37. The van der Waals surface area contributed by atoms with Crippen LogP contribution in [0.4, 0.5) is 34.1 Å². The van der Waals surface area contributed by atoms with Gasteiger partial charge in [0.1, 0.15) is 11.2 Å². The summed E-state index contributed by atoms with van der Waals surface area (Å²) < 4.78 is 14.0. The number of aryl methyl sites for hydroxylation is 2. The largest absolute Gasteiger partial charge is 0.454 e.